The fourth-order valence-corrected chi connectivity index (χ4v) is 2.71. The summed E-state index contributed by atoms with van der Waals surface area (Å²) in [5.74, 6) is 0.538. The van der Waals surface area contributed by atoms with Gasteiger partial charge in [-0.2, -0.15) is 0 Å². The molecule has 3 heteroatoms. The van der Waals surface area contributed by atoms with Crippen LogP contribution in [0.3, 0.4) is 0 Å². The monoisotopic (exact) mass is 278 g/mol. The standard InChI is InChI=1S/C17H30N2O/c1-4-18-17(16-10-7-6-8-11-16)15(3)14-19(5-2)12-9-13-20/h6-8,10-11,15,17-18,20H,4-5,9,12-14H2,1-3H3. The van der Waals surface area contributed by atoms with Crippen molar-refractivity contribution in [2.45, 2.75) is 33.2 Å². The predicted octanol–water partition coefficient (Wildman–Crippen LogP) is 2.68. The lowest BCUT2D eigenvalue weighted by Crippen LogP contribution is -2.36. The van der Waals surface area contributed by atoms with E-state index in [4.69, 9.17) is 5.11 Å². The van der Waals surface area contributed by atoms with Gasteiger partial charge in [0.1, 0.15) is 0 Å². The SMILES string of the molecule is CCNC(c1ccccc1)C(C)CN(CC)CCCO. The summed E-state index contributed by atoms with van der Waals surface area (Å²) < 4.78 is 0. The molecular weight excluding hydrogens is 248 g/mol. The van der Waals surface area contributed by atoms with Crippen LogP contribution in [0.15, 0.2) is 30.3 Å². The molecule has 0 spiro atoms. The number of rotatable bonds is 10. The van der Waals surface area contributed by atoms with Crippen LogP contribution in [0.5, 0.6) is 0 Å². The third kappa shape index (κ3) is 5.61. The van der Waals surface area contributed by atoms with Crippen molar-refractivity contribution in [2.24, 2.45) is 5.92 Å². The van der Waals surface area contributed by atoms with Gasteiger partial charge in [-0.15, -0.1) is 0 Å². The van der Waals surface area contributed by atoms with Gasteiger partial charge in [0.25, 0.3) is 0 Å². The highest BCUT2D eigenvalue weighted by molar-refractivity contribution is 5.19. The maximum atomic E-state index is 8.98. The highest BCUT2D eigenvalue weighted by atomic mass is 16.3. The van der Waals surface area contributed by atoms with Crippen LogP contribution in [0, 0.1) is 5.92 Å². The molecule has 2 atom stereocenters. The normalized spacial score (nSPS) is 14.4. The zero-order valence-corrected chi connectivity index (χ0v) is 13.2. The molecule has 0 aromatic heterocycles. The van der Waals surface area contributed by atoms with Gasteiger partial charge >= 0.3 is 0 Å². The zero-order chi connectivity index (χ0) is 14.8. The second-order valence-electron chi connectivity index (χ2n) is 5.39. The first-order valence-electron chi connectivity index (χ1n) is 7.84. The van der Waals surface area contributed by atoms with Crippen LogP contribution < -0.4 is 5.32 Å². The van der Waals surface area contributed by atoms with Gasteiger partial charge in [0, 0.05) is 25.7 Å². The van der Waals surface area contributed by atoms with Crippen LogP contribution in [0.1, 0.15) is 38.8 Å². The van der Waals surface area contributed by atoms with Crippen molar-refractivity contribution in [2.75, 3.05) is 32.8 Å². The maximum Gasteiger partial charge on any atom is 0.0443 e. The molecule has 0 bridgehead atoms. The van der Waals surface area contributed by atoms with Gasteiger partial charge in [0.2, 0.25) is 0 Å². The van der Waals surface area contributed by atoms with Crippen LogP contribution in [0.2, 0.25) is 0 Å². The van der Waals surface area contributed by atoms with Gasteiger partial charge in [-0.1, -0.05) is 51.1 Å². The van der Waals surface area contributed by atoms with E-state index in [1.807, 2.05) is 0 Å². The average molecular weight is 278 g/mol. The first-order chi connectivity index (χ1) is 9.72. The summed E-state index contributed by atoms with van der Waals surface area (Å²) in [4.78, 5) is 2.42. The van der Waals surface area contributed by atoms with Gasteiger partial charge in [-0.25, -0.2) is 0 Å². The summed E-state index contributed by atoms with van der Waals surface area (Å²) in [7, 11) is 0. The van der Waals surface area contributed by atoms with Crippen LogP contribution in [-0.4, -0.2) is 42.8 Å². The van der Waals surface area contributed by atoms with E-state index in [1.54, 1.807) is 0 Å². The van der Waals surface area contributed by atoms with E-state index in [-0.39, 0.29) is 6.61 Å². The van der Waals surface area contributed by atoms with Gasteiger partial charge in [0.05, 0.1) is 0 Å². The molecule has 3 nitrogen and oxygen atoms in total. The van der Waals surface area contributed by atoms with Gasteiger partial charge < -0.3 is 15.3 Å². The Morgan fingerprint density at radius 3 is 2.45 bits per heavy atom. The Morgan fingerprint density at radius 1 is 1.20 bits per heavy atom. The largest absolute Gasteiger partial charge is 0.396 e. The minimum atomic E-state index is 0.278. The maximum absolute atomic E-state index is 8.98. The highest BCUT2D eigenvalue weighted by Gasteiger charge is 2.20. The highest BCUT2D eigenvalue weighted by Crippen LogP contribution is 2.22. The number of aliphatic hydroxyl groups excluding tert-OH is 1. The number of nitrogens with zero attached hydrogens (tertiary/aromatic N) is 1. The molecular formula is C17H30N2O. The van der Waals surface area contributed by atoms with Crippen LogP contribution in [0.25, 0.3) is 0 Å². The summed E-state index contributed by atoms with van der Waals surface area (Å²) in [6.07, 6.45) is 0.859. The first-order valence-corrected chi connectivity index (χ1v) is 7.84. The Bertz CT molecular complexity index is 342. The summed E-state index contributed by atoms with van der Waals surface area (Å²) in [5, 5.41) is 12.6. The second-order valence-corrected chi connectivity index (χ2v) is 5.39. The molecule has 0 aliphatic carbocycles. The number of nitrogens with one attached hydrogen (secondary N) is 1. The molecule has 114 valence electrons. The summed E-state index contributed by atoms with van der Waals surface area (Å²) in [6, 6.07) is 11.1. The van der Waals surface area contributed by atoms with Crippen molar-refractivity contribution in [3.05, 3.63) is 35.9 Å². The van der Waals surface area contributed by atoms with E-state index in [0.29, 0.717) is 12.0 Å². The Labute approximate surface area is 124 Å². The third-order valence-corrected chi connectivity index (χ3v) is 3.78. The molecule has 0 amide bonds. The lowest BCUT2D eigenvalue weighted by Gasteiger charge is -2.30. The Morgan fingerprint density at radius 2 is 1.90 bits per heavy atom. The van der Waals surface area contributed by atoms with Crippen molar-refractivity contribution < 1.29 is 5.11 Å². The molecule has 0 fully saturated rings. The summed E-state index contributed by atoms with van der Waals surface area (Å²) in [5.41, 5.74) is 1.36. The van der Waals surface area contributed by atoms with E-state index in [9.17, 15) is 0 Å². The van der Waals surface area contributed by atoms with Gasteiger partial charge in [-0.3, -0.25) is 0 Å². The molecule has 1 aromatic carbocycles. The van der Waals surface area contributed by atoms with Crippen molar-refractivity contribution in [1.29, 1.82) is 0 Å². The molecule has 0 aliphatic heterocycles. The smallest absolute Gasteiger partial charge is 0.0443 e. The first kappa shape index (κ1) is 17.2. The molecule has 0 saturated carbocycles. The third-order valence-electron chi connectivity index (χ3n) is 3.78. The minimum Gasteiger partial charge on any atom is -0.396 e. The Hall–Kier alpha value is -0.900. The number of benzene rings is 1. The van der Waals surface area contributed by atoms with E-state index < -0.39 is 0 Å². The molecule has 0 saturated heterocycles. The van der Waals surface area contributed by atoms with Crippen LogP contribution in [0.4, 0.5) is 0 Å². The molecule has 2 unspecified atom stereocenters. The molecule has 20 heavy (non-hydrogen) atoms. The number of hydrogen-bond donors (Lipinski definition) is 2. The van der Waals surface area contributed by atoms with Crippen molar-refractivity contribution in [3.8, 4) is 0 Å². The number of aliphatic hydroxyl groups is 1. The average Bonchev–Trinajstić information content (AvgIpc) is 2.49. The lowest BCUT2D eigenvalue weighted by atomic mass is 9.93. The Kier molecular flexibility index (Phi) is 8.51. The topological polar surface area (TPSA) is 35.5 Å². The molecule has 0 radical (unpaired) electrons. The molecule has 1 rings (SSSR count). The van der Waals surface area contributed by atoms with Gasteiger partial charge in [0.15, 0.2) is 0 Å². The summed E-state index contributed by atoms with van der Waals surface area (Å²) in [6.45, 7) is 11.0. The second kappa shape index (κ2) is 9.92. The van der Waals surface area contributed by atoms with Crippen LogP contribution >= 0.6 is 0 Å². The van der Waals surface area contributed by atoms with Gasteiger partial charge in [-0.05, 0) is 31.0 Å². The summed E-state index contributed by atoms with van der Waals surface area (Å²) >= 11 is 0. The molecule has 0 aliphatic rings. The van der Waals surface area contributed by atoms with E-state index in [2.05, 4.69) is 61.3 Å². The van der Waals surface area contributed by atoms with Crippen molar-refractivity contribution in [1.82, 2.24) is 10.2 Å². The molecule has 2 N–H and O–H groups in total. The molecule has 1 aromatic rings. The zero-order valence-electron chi connectivity index (χ0n) is 13.2. The van der Waals surface area contributed by atoms with E-state index >= 15 is 0 Å². The van der Waals surface area contributed by atoms with Crippen molar-refractivity contribution >= 4 is 0 Å². The number of hydrogen-bond acceptors (Lipinski definition) is 3. The fourth-order valence-electron chi connectivity index (χ4n) is 2.71. The fraction of sp³-hybridized carbons (Fsp3) is 0.647. The van der Waals surface area contributed by atoms with E-state index in [0.717, 1.165) is 32.6 Å². The molecule has 0 heterocycles. The lowest BCUT2D eigenvalue weighted by molar-refractivity contribution is 0.195. The minimum absolute atomic E-state index is 0.278. The van der Waals surface area contributed by atoms with E-state index in [1.165, 1.54) is 5.56 Å². The van der Waals surface area contributed by atoms with Crippen molar-refractivity contribution in [3.63, 3.8) is 0 Å². The predicted molar refractivity (Wildman–Crippen MR) is 85.8 cm³/mol. The van der Waals surface area contributed by atoms with Crippen LogP contribution in [-0.2, 0) is 0 Å². The Balaban J connectivity index is 2.66. The quantitative estimate of drug-likeness (QED) is 0.691.